The van der Waals surface area contributed by atoms with E-state index in [-0.39, 0.29) is 0 Å². The lowest BCUT2D eigenvalue weighted by atomic mass is 10.2. The van der Waals surface area contributed by atoms with Crippen LogP contribution in [0.25, 0.3) is 22.6 Å². The first-order valence-electron chi connectivity index (χ1n) is 5.47. The molecule has 2 aromatic carbocycles. The molecule has 0 bridgehead atoms. The first kappa shape index (κ1) is 11.5. The normalized spacial score (nSPS) is 10.8. The fourth-order valence-electron chi connectivity index (χ4n) is 1.77. The maximum Gasteiger partial charge on any atom is 0.227 e. The molecule has 0 saturated carbocycles. The van der Waals surface area contributed by atoms with Crippen molar-refractivity contribution in [1.82, 2.24) is 4.98 Å². The number of halogens is 1. The van der Waals surface area contributed by atoms with E-state index in [1.165, 1.54) is 0 Å². The van der Waals surface area contributed by atoms with Gasteiger partial charge in [-0.05, 0) is 59.0 Å². The van der Waals surface area contributed by atoms with E-state index in [2.05, 4.69) is 27.6 Å². The van der Waals surface area contributed by atoms with Gasteiger partial charge in [-0.25, -0.2) is 4.98 Å². The minimum absolute atomic E-state index is 0.636. The second-order valence-corrected chi connectivity index (χ2v) is 5.00. The zero-order chi connectivity index (χ0) is 12.5. The molecule has 3 nitrogen and oxygen atoms in total. The predicted molar refractivity (Wildman–Crippen MR) is 78.7 cm³/mol. The molecule has 0 aliphatic rings. The number of para-hydroxylation sites is 1. The topological polar surface area (TPSA) is 35.3 Å². The first-order chi connectivity index (χ1) is 8.78. The molecule has 90 valence electrons. The summed E-state index contributed by atoms with van der Waals surface area (Å²) in [7, 11) is 1.65. The average molecular weight is 351 g/mol. The molecule has 18 heavy (non-hydrogen) atoms. The van der Waals surface area contributed by atoms with E-state index in [4.69, 9.17) is 9.15 Å². The van der Waals surface area contributed by atoms with Crippen molar-refractivity contribution in [3.63, 3.8) is 0 Å². The van der Waals surface area contributed by atoms with Crippen LogP contribution in [0.4, 0.5) is 0 Å². The Morgan fingerprint density at radius 1 is 1.11 bits per heavy atom. The molecule has 0 radical (unpaired) electrons. The summed E-state index contributed by atoms with van der Waals surface area (Å²) < 4.78 is 12.0. The Bertz CT molecular complexity index is 689. The van der Waals surface area contributed by atoms with E-state index in [1.54, 1.807) is 7.11 Å². The van der Waals surface area contributed by atoms with Gasteiger partial charge >= 0.3 is 0 Å². The van der Waals surface area contributed by atoms with E-state index in [0.717, 1.165) is 26.0 Å². The highest BCUT2D eigenvalue weighted by atomic mass is 127. The molecule has 0 amide bonds. The van der Waals surface area contributed by atoms with Gasteiger partial charge in [0.15, 0.2) is 5.58 Å². The molecule has 0 aliphatic carbocycles. The number of nitrogens with zero attached hydrogens (tertiary/aromatic N) is 1. The third kappa shape index (κ3) is 1.96. The Balaban J connectivity index is 2.10. The van der Waals surface area contributed by atoms with E-state index in [0.29, 0.717) is 5.89 Å². The van der Waals surface area contributed by atoms with Gasteiger partial charge < -0.3 is 9.15 Å². The van der Waals surface area contributed by atoms with Crippen molar-refractivity contribution in [3.05, 3.63) is 46.0 Å². The highest BCUT2D eigenvalue weighted by molar-refractivity contribution is 14.1. The zero-order valence-electron chi connectivity index (χ0n) is 9.68. The van der Waals surface area contributed by atoms with Crippen molar-refractivity contribution in [2.24, 2.45) is 0 Å². The second-order valence-electron chi connectivity index (χ2n) is 3.84. The smallest absolute Gasteiger partial charge is 0.227 e. The molecular weight excluding hydrogens is 341 g/mol. The standard InChI is InChI=1S/C14H10INO2/c1-17-10-7-5-9(6-8-10)14-16-12-4-2-3-11(15)13(12)18-14/h2-8H,1H3. The van der Waals surface area contributed by atoms with Crippen LogP contribution < -0.4 is 4.74 Å². The van der Waals surface area contributed by atoms with E-state index in [1.807, 2.05) is 42.5 Å². The molecule has 1 heterocycles. The highest BCUT2D eigenvalue weighted by Gasteiger charge is 2.10. The van der Waals surface area contributed by atoms with Gasteiger partial charge in [0.1, 0.15) is 11.3 Å². The van der Waals surface area contributed by atoms with Gasteiger partial charge in [-0.2, -0.15) is 0 Å². The quantitative estimate of drug-likeness (QED) is 0.652. The number of fused-ring (bicyclic) bond motifs is 1. The van der Waals surface area contributed by atoms with Gasteiger partial charge in [-0.1, -0.05) is 6.07 Å². The van der Waals surface area contributed by atoms with Crippen LogP contribution in [0.2, 0.25) is 0 Å². The van der Waals surface area contributed by atoms with Gasteiger partial charge in [0.25, 0.3) is 0 Å². The molecule has 0 aliphatic heterocycles. The van der Waals surface area contributed by atoms with Crippen molar-refractivity contribution in [3.8, 4) is 17.2 Å². The van der Waals surface area contributed by atoms with Crippen molar-refractivity contribution in [1.29, 1.82) is 0 Å². The van der Waals surface area contributed by atoms with Gasteiger partial charge in [-0.3, -0.25) is 0 Å². The lowest BCUT2D eigenvalue weighted by Crippen LogP contribution is -1.82. The second kappa shape index (κ2) is 4.61. The molecule has 3 rings (SSSR count). The Morgan fingerprint density at radius 2 is 1.89 bits per heavy atom. The molecule has 3 aromatic rings. The van der Waals surface area contributed by atoms with Gasteiger partial charge in [0, 0.05) is 5.56 Å². The number of oxazole rings is 1. The molecule has 0 saturated heterocycles. The maximum absolute atomic E-state index is 5.80. The van der Waals surface area contributed by atoms with Crippen LogP contribution in [-0.2, 0) is 0 Å². The van der Waals surface area contributed by atoms with Crippen LogP contribution in [0.1, 0.15) is 0 Å². The fraction of sp³-hybridized carbons (Fsp3) is 0.0714. The predicted octanol–water partition coefficient (Wildman–Crippen LogP) is 4.11. The summed E-state index contributed by atoms with van der Waals surface area (Å²) in [5.74, 6) is 1.46. The van der Waals surface area contributed by atoms with Crippen molar-refractivity contribution >= 4 is 33.7 Å². The number of ether oxygens (including phenoxy) is 1. The van der Waals surface area contributed by atoms with Crippen LogP contribution in [-0.4, -0.2) is 12.1 Å². The Morgan fingerprint density at radius 3 is 2.56 bits per heavy atom. The Hall–Kier alpha value is -1.56. The SMILES string of the molecule is COc1ccc(-c2nc3cccc(I)c3o2)cc1. The summed E-state index contributed by atoms with van der Waals surface area (Å²) in [6.45, 7) is 0. The molecule has 0 atom stereocenters. The van der Waals surface area contributed by atoms with E-state index in [9.17, 15) is 0 Å². The minimum Gasteiger partial charge on any atom is -0.497 e. The van der Waals surface area contributed by atoms with Crippen LogP contribution in [0.3, 0.4) is 0 Å². The summed E-state index contributed by atoms with van der Waals surface area (Å²) in [6, 6.07) is 13.6. The molecule has 0 N–H and O–H groups in total. The van der Waals surface area contributed by atoms with Crippen LogP contribution in [0.15, 0.2) is 46.9 Å². The van der Waals surface area contributed by atoms with E-state index < -0.39 is 0 Å². The molecule has 1 aromatic heterocycles. The Kier molecular flexibility index (Phi) is 2.95. The number of benzene rings is 2. The number of hydrogen-bond donors (Lipinski definition) is 0. The highest BCUT2D eigenvalue weighted by Crippen LogP contribution is 2.28. The Labute approximate surface area is 118 Å². The third-order valence-electron chi connectivity index (χ3n) is 2.70. The number of hydrogen-bond acceptors (Lipinski definition) is 3. The summed E-state index contributed by atoms with van der Waals surface area (Å²) >= 11 is 2.25. The number of aromatic nitrogens is 1. The molecular formula is C14H10INO2. The molecule has 0 fully saturated rings. The van der Waals surface area contributed by atoms with Gasteiger partial charge in [-0.15, -0.1) is 0 Å². The van der Waals surface area contributed by atoms with Gasteiger partial charge in [0.2, 0.25) is 5.89 Å². The number of rotatable bonds is 2. The minimum atomic E-state index is 0.636. The van der Waals surface area contributed by atoms with Crippen LogP contribution >= 0.6 is 22.6 Å². The summed E-state index contributed by atoms with van der Waals surface area (Å²) in [6.07, 6.45) is 0. The molecule has 4 heteroatoms. The lowest BCUT2D eigenvalue weighted by molar-refractivity contribution is 0.415. The van der Waals surface area contributed by atoms with Crippen LogP contribution in [0, 0.1) is 3.57 Å². The van der Waals surface area contributed by atoms with Crippen molar-refractivity contribution < 1.29 is 9.15 Å². The van der Waals surface area contributed by atoms with Crippen molar-refractivity contribution in [2.75, 3.05) is 7.11 Å². The summed E-state index contributed by atoms with van der Waals surface area (Å²) in [5, 5.41) is 0. The third-order valence-corrected chi connectivity index (χ3v) is 3.55. The summed E-state index contributed by atoms with van der Waals surface area (Å²) in [5.41, 5.74) is 2.67. The molecule has 0 unspecified atom stereocenters. The lowest BCUT2D eigenvalue weighted by Gasteiger charge is -1.99. The largest absolute Gasteiger partial charge is 0.497 e. The van der Waals surface area contributed by atoms with Crippen LogP contribution in [0.5, 0.6) is 5.75 Å². The first-order valence-corrected chi connectivity index (χ1v) is 6.55. The van der Waals surface area contributed by atoms with E-state index >= 15 is 0 Å². The maximum atomic E-state index is 5.80. The summed E-state index contributed by atoms with van der Waals surface area (Å²) in [4.78, 5) is 4.49. The molecule has 0 spiro atoms. The number of methoxy groups -OCH3 is 1. The monoisotopic (exact) mass is 351 g/mol. The van der Waals surface area contributed by atoms with Gasteiger partial charge in [0.05, 0.1) is 10.7 Å². The van der Waals surface area contributed by atoms with Crippen molar-refractivity contribution in [2.45, 2.75) is 0 Å². The fourth-order valence-corrected chi connectivity index (χ4v) is 2.37. The average Bonchev–Trinajstić information content (AvgIpc) is 2.84. The zero-order valence-corrected chi connectivity index (χ0v) is 11.8.